The lowest BCUT2D eigenvalue weighted by Crippen LogP contribution is -2.48. The number of rotatable bonds is 12. The van der Waals surface area contributed by atoms with Crippen LogP contribution in [0.3, 0.4) is 0 Å². The molecule has 0 radical (unpaired) electrons. The molecule has 1 fully saturated rings. The van der Waals surface area contributed by atoms with Crippen LogP contribution >= 0.6 is 0 Å². The number of imide groups is 1. The Balaban J connectivity index is 1.24. The lowest BCUT2D eigenvalue weighted by Gasteiger charge is -2.28. The number of aliphatic hydroxyl groups excluding tert-OH is 1. The third kappa shape index (κ3) is 6.96. The Bertz CT molecular complexity index is 1540. The van der Waals surface area contributed by atoms with Crippen molar-refractivity contribution in [3.05, 3.63) is 107 Å². The van der Waals surface area contributed by atoms with Gasteiger partial charge in [-0.1, -0.05) is 54.6 Å². The van der Waals surface area contributed by atoms with Gasteiger partial charge in [0.1, 0.15) is 24.2 Å². The van der Waals surface area contributed by atoms with Crippen molar-refractivity contribution in [2.24, 2.45) is 0 Å². The van der Waals surface area contributed by atoms with Crippen LogP contribution in [0, 0.1) is 13.8 Å². The first-order valence-electron chi connectivity index (χ1n) is 14.4. The summed E-state index contributed by atoms with van der Waals surface area (Å²) < 4.78 is 22.8. The molecule has 1 aliphatic heterocycles. The maximum Gasteiger partial charge on any atom is 0.417 e. The molecule has 9 nitrogen and oxygen atoms in total. The van der Waals surface area contributed by atoms with Gasteiger partial charge in [0.25, 0.3) is 5.91 Å². The Hall–Kier alpha value is -4.47. The summed E-state index contributed by atoms with van der Waals surface area (Å²) in [5.74, 6) is 1.34. The van der Waals surface area contributed by atoms with Gasteiger partial charge in [-0.25, -0.2) is 14.7 Å². The van der Waals surface area contributed by atoms with Crippen LogP contribution < -0.4 is 4.74 Å². The highest BCUT2D eigenvalue weighted by Gasteiger charge is 2.43. The Morgan fingerprint density at radius 1 is 1.07 bits per heavy atom. The number of carbonyl (C=O) groups excluding carboxylic acids is 2. The fourth-order valence-corrected chi connectivity index (χ4v) is 5.20. The number of ether oxygens (including phenoxy) is 3. The molecular formula is C34H36N2O7. The number of carbonyl (C=O) groups is 2. The zero-order chi connectivity index (χ0) is 30.3. The van der Waals surface area contributed by atoms with E-state index in [0.29, 0.717) is 36.7 Å². The highest BCUT2D eigenvalue weighted by molar-refractivity contribution is 5.96. The van der Waals surface area contributed by atoms with Gasteiger partial charge in [-0.3, -0.25) is 4.79 Å². The molecule has 1 unspecified atom stereocenters. The fourth-order valence-electron chi connectivity index (χ4n) is 5.20. The van der Waals surface area contributed by atoms with E-state index >= 15 is 0 Å². The van der Waals surface area contributed by atoms with Crippen LogP contribution in [0.25, 0.3) is 11.5 Å². The van der Waals surface area contributed by atoms with Crippen LogP contribution in [0.1, 0.15) is 41.2 Å². The Morgan fingerprint density at radius 2 is 1.79 bits per heavy atom. The molecule has 2 amide bonds. The molecule has 0 aliphatic carbocycles. The van der Waals surface area contributed by atoms with Crippen molar-refractivity contribution in [3.8, 4) is 17.2 Å². The van der Waals surface area contributed by atoms with Gasteiger partial charge in [-0.2, -0.15) is 0 Å². The van der Waals surface area contributed by atoms with E-state index in [1.807, 2.05) is 74.5 Å². The summed E-state index contributed by atoms with van der Waals surface area (Å²) >= 11 is 0. The zero-order valence-corrected chi connectivity index (χ0v) is 24.6. The number of aryl methyl sites for hydroxylation is 2. The third-order valence-corrected chi connectivity index (χ3v) is 7.44. The summed E-state index contributed by atoms with van der Waals surface area (Å²) in [6, 6.07) is 24.0. The Morgan fingerprint density at radius 3 is 2.49 bits per heavy atom. The SMILES string of the molecule is CCO[C@H](C(=O)N1C(=O)OCC1Cc1ccccc1)[C@H](O)c1ccc(OCCc2nc(-c3ccccc3)oc2C)c(C)c1. The molecule has 1 aliphatic rings. The maximum atomic E-state index is 13.6. The van der Waals surface area contributed by atoms with Gasteiger partial charge in [0.2, 0.25) is 5.89 Å². The number of benzene rings is 3. The standard InChI is InChI=1S/C34H36N2O7/c1-4-40-31(33(38)36-27(21-42-34(36)39)20-24-11-7-5-8-12-24)30(37)26-15-16-29(22(2)19-26)41-18-17-28-23(3)43-32(35-28)25-13-9-6-10-14-25/h5-16,19,27,30-31,37H,4,17-18,20-21H2,1-3H3/t27?,30-,31+/m1/s1. The molecule has 0 bridgehead atoms. The lowest BCUT2D eigenvalue weighted by atomic mass is 9.99. The van der Waals surface area contributed by atoms with Crippen LogP contribution in [0.15, 0.2) is 83.3 Å². The number of aromatic nitrogens is 1. The van der Waals surface area contributed by atoms with Crippen molar-refractivity contribution in [2.75, 3.05) is 19.8 Å². The maximum absolute atomic E-state index is 13.6. The van der Waals surface area contributed by atoms with Crippen LogP contribution in [0.4, 0.5) is 4.79 Å². The summed E-state index contributed by atoms with van der Waals surface area (Å²) in [6.45, 7) is 6.13. The second kappa shape index (κ2) is 13.7. The fraction of sp³-hybridized carbons (Fsp3) is 0.324. The van der Waals surface area contributed by atoms with E-state index in [2.05, 4.69) is 4.98 Å². The minimum atomic E-state index is -1.31. The van der Waals surface area contributed by atoms with E-state index in [0.717, 1.165) is 33.0 Å². The molecule has 43 heavy (non-hydrogen) atoms. The number of cyclic esters (lactones) is 1. The van der Waals surface area contributed by atoms with Gasteiger partial charge in [0.05, 0.1) is 18.3 Å². The number of amides is 2. The van der Waals surface area contributed by atoms with E-state index in [4.69, 9.17) is 18.6 Å². The number of aliphatic hydroxyl groups is 1. The molecular weight excluding hydrogens is 548 g/mol. The molecule has 0 spiro atoms. The number of hydrogen-bond donors (Lipinski definition) is 1. The van der Waals surface area contributed by atoms with Crippen molar-refractivity contribution >= 4 is 12.0 Å². The molecule has 3 aromatic carbocycles. The van der Waals surface area contributed by atoms with Crippen LogP contribution in [0.2, 0.25) is 0 Å². The number of hydrogen-bond acceptors (Lipinski definition) is 8. The van der Waals surface area contributed by atoms with Crippen molar-refractivity contribution < 1.29 is 33.3 Å². The van der Waals surface area contributed by atoms with Crippen molar-refractivity contribution in [1.29, 1.82) is 0 Å². The average molecular weight is 585 g/mol. The number of oxazole rings is 1. The van der Waals surface area contributed by atoms with Gasteiger partial charge >= 0.3 is 6.09 Å². The van der Waals surface area contributed by atoms with Crippen LogP contribution in [-0.2, 0) is 27.1 Å². The molecule has 224 valence electrons. The van der Waals surface area contributed by atoms with Gasteiger partial charge in [0, 0.05) is 18.6 Å². The van der Waals surface area contributed by atoms with Crippen molar-refractivity contribution in [1.82, 2.24) is 9.88 Å². The highest BCUT2D eigenvalue weighted by Crippen LogP contribution is 2.29. The predicted octanol–water partition coefficient (Wildman–Crippen LogP) is 5.61. The first-order valence-corrected chi connectivity index (χ1v) is 14.4. The van der Waals surface area contributed by atoms with E-state index < -0.39 is 30.3 Å². The average Bonchev–Trinajstić information content (AvgIpc) is 3.58. The smallest absolute Gasteiger partial charge is 0.417 e. The van der Waals surface area contributed by atoms with Crippen LogP contribution in [0.5, 0.6) is 5.75 Å². The molecule has 1 N–H and O–H groups in total. The predicted molar refractivity (Wildman–Crippen MR) is 160 cm³/mol. The van der Waals surface area contributed by atoms with E-state index in [-0.39, 0.29) is 13.2 Å². The summed E-state index contributed by atoms with van der Waals surface area (Å²) in [5.41, 5.74) is 3.97. The second-order valence-electron chi connectivity index (χ2n) is 10.5. The summed E-state index contributed by atoms with van der Waals surface area (Å²) in [5, 5.41) is 11.3. The van der Waals surface area contributed by atoms with Gasteiger partial charge in [0.15, 0.2) is 6.10 Å². The van der Waals surface area contributed by atoms with Gasteiger partial charge in [-0.05, 0) is 68.1 Å². The largest absolute Gasteiger partial charge is 0.493 e. The minimum absolute atomic E-state index is 0.0843. The lowest BCUT2D eigenvalue weighted by molar-refractivity contribution is -0.149. The molecule has 2 heterocycles. The summed E-state index contributed by atoms with van der Waals surface area (Å²) in [6.07, 6.45) is -2.32. The number of nitrogens with zero attached hydrogens (tertiary/aromatic N) is 2. The molecule has 9 heteroatoms. The first kappa shape index (κ1) is 30.0. The third-order valence-electron chi connectivity index (χ3n) is 7.44. The van der Waals surface area contributed by atoms with E-state index in [9.17, 15) is 14.7 Å². The normalized spacial score (nSPS) is 16.1. The zero-order valence-electron chi connectivity index (χ0n) is 24.6. The topological polar surface area (TPSA) is 111 Å². The van der Waals surface area contributed by atoms with Crippen LogP contribution in [-0.4, -0.2) is 59.0 Å². The van der Waals surface area contributed by atoms with Crippen molar-refractivity contribution in [2.45, 2.75) is 51.9 Å². The van der Waals surface area contributed by atoms with Gasteiger partial charge < -0.3 is 23.7 Å². The first-order chi connectivity index (χ1) is 20.9. The summed E-state index contributed by atoms with van der Waals surface area (Å²) in [7, 11) is 0. The monoisotopic (exact) mass is 584 g/mol. The Labute approximate surface area is 251 Å². The molecule has 0 saturated carbocycles. The van der Waals surface area contributed by atoms with E-state index in [1.54, 1.807) is 25.1 Å². The quantitative estimate of drug-likeness (QED) is 0.229. The van der Waals surface area contributed by atoms with Gasteiger partial charge in [-0.15, -0.1) is 0 Å². The molecule has 3 atom stereocenters. The second-order valence-corrected chi connectivity index (χ2v) is 10.5. The minimum Gasteiger partial charge on any atom is -0.493 e. The molecule has 4 aromatic rings. The molecule has 1 aromatic heterocycles. The summed E-state index contributed by atoms with van der Waals surface area (Å²) in [4.78, 5) is 31.9. The molecule has 5 rings (SSSR count). The van der Waals surface area contributed by atoms with Crippen molar-refractivity contribution in [3.63, 3.8) is 0 Å². The Kier molecular flexibility index (Phi) is 9.54. The highest BCUT2D eigenvalue weighted by atomic mass is 16.6. The van der Waals surface area contributed by atoms with E-state index in [1.165, 1.54) is 0 Å². The molecule has 1 saturated heterocycles.